The number of hydrogen-bond acceptors (Lipinski definition) is 7. The third-order valence-corrected chi connectivity index (χ3v) is 6.13. The first-order valence-corrected chi connectivity index (χ1v) is 8.86. The number of nitrogens with zero attached hydrogens (tertiary/aromatic N) is 2. The quantitative estimate of drug-likeness (QED) is 0.807. The molecular weight excluding hydrogens is 320 g/mol. The van der Waals surface area contributed by atoms with E-state index in [9.17, 15) is 13.2 Å². The average molecular weight is 330 g/mol. The van der Waals surface area contributed by atoms with Crippen molar-refractivity contribution in [3.63, 3.8) is 0 Å². The highest BCUT2D eigenvalue weighted by Gasteiger charge is 2.16. The highest BCUT2D eigenvalue weighted by atomic mass is 32.2. The first-order chi connectivity index (χ1) is 9.49. The number of carboxylic acids is 1. The van der Waals surface area contributed by atoms with Gasteiger partial charge < -0.3 is 5.11 Å². The topological polar surface area (TPSA) is 97.2 Å². The van der Waals surface area contributed by atoms with E-state index in [2.05, 4.69) is 9.36 Å². The van der Waals surface area contributed by atoms with Crippen LogP contribution in [0.2, 0.25) is 0 Å². The van der Waals surface area contributed by atoms with E-state index in [0.717, 1.165) is 0 Å². The molecule has 1 heterocycles. The molecule has 106 valence electrons. The van der Waals surface area contributed by atoms with E-state index in [4.69, 9.17) is 5.11 Å². The molecule has 0 atom stereocenters. The predicted molar refractivity (Wildman–Crippen MR) is 76.1 cm³/mol. The Morgan fingerprint density at radius 3 is 2.85 bits per heavy atom. The maximum absolute atomic E-state index is 12.1. The fraction of sp³-hybridized carbons (Fsp3) is 0.182. The van der Waals surface area contributed by atoms with Crippen LogP contribution in [0.3, 0.4) is 0 Å². The van der Waals surface area contributed by atoms with E-state index < -0.39 is 15.8 Å². The molecule has 2 aromatic rings. The van der Waals surface area contributed by atoms with E-state index >= 15 is 0 Å². The minimum Gasteiger partial charge on any atom is -0.478 e. The Balaban J connectivity index is 2.06. The summed E-state index contributed by atoms with van der Waals surface area (Å²) in [7, 11) is -3.50. The molecule has 6 nitrogen and oxygen atoms in total. The van der Waals surface area contributed by atoms with Gasteiger partial charge in [-0.25, -0.2) is 18.2 Å². The number of aromatic nitrogens is 2. The van der Waals surface area contributed by atoms with Gasteiger partial charge in [-0.3, -0.25) is 0 Å². The number of aromatic carboxylic acids is 1. The van der Waals surface area contributed by atoms with Gasteiger partial charge in [-0.05, 0) is 29.7 Å². The number of carboxylic acid groups (broad SMARTS) is 1. The van der Waals surface area contributed by atoms with Crippen LogP contribution < -0.4 is 0 Å². The molecule has 1 N–H and O–H groups in total. The van der Waals surface area contributed by atoms with Crippen LogP contribution in [-0.4, -0.2) is 40.4 Å². The zero-order valence-corrected chi connectivity index (χ0v) is 12.5. The summed E-state index contributed by atoms with van der Waals surface area (Å²) in [6.07, 6.45) is 1.41. The van der Waals surface area contributed by atoms with Crippen LogP contribution >= 0.6 is 23.3 Å². The Morgan fingerprint density at radius 2 is 2.20 bits per heavy atom. The summed E-state index contributed by atoms with van der Waals surface area (Å²) in [6.45, 7) is 0. The lowest BCUT2D eigenvalue weighted by Crippen LogP contribution is -2.10. The zero-order valence-electron chi connectivity index (χ0n) is 10.1. The monoisotopic (exact) mass is 330 g/mol. The molecule has 20 heavy (non-hydrogen) atoms. The number of sulfone groups is 1. The number of carbonyl (C=O) groups is 1. The van der Waals surface area contributed by atoms with Gasteiger partial charge in [0.25, 0.3) is 0 Å². The Labute approximate surface area is 124 Å². The molecule has 0 fully saturated rings. The Kier molecular flexibility index (Phi) is 4.73. The molecule has 1 aromatic heterocycles. The van der Waals surface area contributed by atoms with Crippen molar-refractivity contribution in [1.29, 1.82) is 0 Å². The summed E-state index contributed by atoms with van der Waals surface area (Å²) in [5, 5.41) is 8.86. The standard InChI is InChI=1S/C11H10N2O4S3/c14-10(15)8-2-1-3-9(6-8)20(16,17)5-4-18-11-12-7-13-19-11/h1-3,6-7H,4-5H2,(H,14,15). The van der Waals surface area contributed by atoms with Crippen molar-refractivity contribution < 1.29 is 18.3 Å². The molecule has 0 aliphatic heterocycles. The van der Waals surface area contributed by atoms with Crippen LogP contribution in [0.25, 0.3) is 0 Å². The highest BCUT2D eigenvalue weighted by molar-refractivity contribution is 8.02. The molecular formula is C11H10N2O4S3. The van der Waals surface area contributed by atoms with Crippen molar-refractivity contribution in [2.75, 3.05) is 11.5 Å². The molecule has 0 aliphatic carbocycles. The first kappa shape index (κ1) is 14.9. The molecule has 1 aromatic carbocycles. The minimum absolute atomic E-state index is 0.0234. The van der Waals surface area contributed by atoms with Crippen LogP contribution in [-0.2, 0) is 9.84 Å². The lowest BCUT2D eigenvalue weighted by molar-refractivity contribution is 0.0696. The van der Waals surface area contributed by atoms with Crippen LogP contribution in [0, 0.1) is 0 Å². The van der Waals surface area contributed by atoms with Crippen molar-refractivity contribution in [1.82, 2.24) is 9.36 Å². The smallest absolute Gasteiger partial charge is 0.335 e. The van der Waals surface area contributed by atoms with Crippen LogP contribution in [0.5, 0.6) is 0 Å². The largest absolute Gasteiger partial charge is 0.478 e. The molecule has 0 amide bonds. The number of benzene rings is 1. The molecule has 0 bridgehead atoms. The number of hydrogen-bond donors (Lipinski definition) is 1. The van der Waals surface area contributed by atoms with Crippen LogP contribution in [0.15, 0.2) is 39.8 Å². The van der Waals surface area contributed by atoms with E-state index in [0.29, 0.717) is 10.1 Å². The maximum Gasteiger partial charge on any atom is 0.335 e. The van der Waals surface area contributed by atoms with Gasteiger partial charge in [-0.2, -0.15) is 4.37 Å². The minimum atomic E-state index is -3.50. The first-order valence-electron chi connectivity index (χ1n) is 5.44. The molecule has 9 heteroatoms. The molecule has 0 radical (unpaired) electrons. The zero-order chi connectivity index (χ0) is 14.6. The fourth-order valence-electron chi connectivity index (χ4n) is 1.41. The summed E-state index contributed by atoms with van der Waals surface area (Å²) < 4.78 is 28.7. The van der Waals surface area contributed by atoms with Gasteiger partial charge in [0.2, 0.25) is 0 Å². The van der Waals surface area contributed by atoms with Gasteiger partial charge in [0.05, 0.1) is 16.2 Å². The van der Waals surface area contributed by atoms with Gasteiger partial charge >= 0.3 is 5.97 Å². The SMILES string of the molecule is O=C(O)c1cccc(S(=O)(=O)CCSc2ncns2)c1. The van der Waals surface area contributed by atoms with Crippen molar-refractivity contribution in [2.45, 2.75) is 9.24 Å². The molecule has 0 unspecified atom stereocenters. The van der Waals surface area contributed by atoms with Gasteiger partial charge in [0.15, 0.2) is 14.2 Å². The summed E-state index contributed by atoms with van der Waals surface area (Å²) in [6, 6.07) is 5.36. The third kappa shape index (κ3) is 3.78. The highest BCUT2D eigenvalue weighted by Crippen LogP contribution is 2.20. The van der Waals surface area contributed by atoms with Gasteiger partial charge in [-0.1, -0.05) is 17.8 Å². The summed E-state index contributed by atoms with van der Waals surface area (Å²) in [5.74, 6) is -0.889. The van der Waals surface area contributed by atoms with E-state index in [1.54, 1.807) is 0 Å². The van der Waals surface area contributed by atoms with Gasteiger partial charge in [0, 0.05) is 5.75 Å². The summed E-state index contributed by atoms with van der Waals surface area (Å²) in [4.78, 5) is 14.8. The van der Waals surface area contributed by atoms with Crippen molar-refractivity contribution in [3.05, 3.63) is 36.2 Å². The van der Waals surface area contributed by atoms with Gasteiger partial charge in [0.1, 0.15) is 6.33 Å². The predicted octanol–water partition coefficient (Wildman–Crippen LogP) is 1.80. The Morgan fingerprint density at radius 1 is 1.40 bits per heavy atom. The normalized spacial score (nSPS) is 11.4. The second-order valence-electron chi connectivity index (χ2n) is 3.71. The fourth-order valence-corrected chi connectivity index (χ4v) is 4.61. The van der Waals surface area contributed by atoms with E-state index in [-0.39, 0.29) is 16.2 Å². The maximum atomic E-state index is 12.1. The third-order valence-electron chi connectivity index (χ3n) is 2.36. The van der Waals surface area contributed by atoms with Crippen LogP contribution in [0.1, 0.15) is 10.4 Å². The molecule has 0 spiro atoms. The van der Waals surface area contributed by atoms with Crippen molar-refractivity contribution in [3.8, 4) is 0 Å². The van der Waals surface area contributed by atoms with Crippen molar-refractivity contribution in [2.24, 2.45) is 0 Å². The number of thioether (sulfide) groups is 1. The molecule has 0 saturated carbocycles. The summed E-state index contributed by atoms with van der Waals surface area (Å²) >= 11 is 2.51. The van der Waals surface area contributed by atoms with Crippen molar-refractivity contribution >= 4 is 39.1 Å². The molecule has 0 saturated heterocycles. The van der Waals surface area contributed by atoms with Crippen LogP contribution in [0.4, 0.5) is 0 Å². The number of rotatable bonds is 6. The van der Waals surface area contributed by atoms with E-state index in [1.807, 2.05) is 0 Å². The van der Waals surface area contributed by atoms with E-state index in [1.165, 1.54) is 53.9 Å². The lowest BCUT2D eigenvalue weighted by Gasteiger charge is -2.04. The second kappa shape index (κ2) is 6.33. The molecule has 2 rings (SSSR count). The molecule has 0 aliphatic rings. The average Bonchev–Trinajstić information content (AvgIpc) is 2.92. The Hall–Kier alpha value is -1.45. The summed E-state index contributed by atoms with van der Waals surface area (Å²) in [5.41, 5.74) is -0.0390. The van der Waals surface area contributed by atoms with Gasteiger partial charge in [-0.15, -0.1) is 0 Å². The lowest BCUT2D eigenvalue weighted by atomic mass is 10.2. The Bertz CT molecular complexity index is 698. The second-order valence-corrected chi connectivity index (χ2v) is 7.94.